The largest absolute Gasteiger partial charge is 0.328 e. The van der Waals surface area contributed by atoms with E-state index in [9.17, 15) is 4.79 Å². The van der Waals surface area contributed by atoms with Crippen LogP contribution in [0, 0.1) is 0 Å². The molecule has 3 N–H and O–H groups in total. The quantitative estimate of drug-likeness (QED) is 0.895. The molecule has 1 aromatic carbocycles. The van der Waals surface area contributed by atoms with Gasteiger partial charge in [-0.1, -0.05) is 12.1 Å². The summed E-state index contributed by atoms with van der Waals surface area (Å²) < 4.78 is 0.900. The Morgan fingerprint density at radius 1 is 1.53 bits per heavy atom. The lowest BCUT2D eigenvalue weighted by Crippen LogP contribution is -2.48. The normalized spacial score (nSPS) is 24.2. The van der Waals surface area contributed by atoms with Crippen molar-refractivity contribution in [2.45, 2.75) is 31.8 Å². The topological polar surface area (TPSA) is 58.4 Å². The van der Waals surface area contributed by atoms with Crippen LogP contribution in [0.25, 0.3) is 0 Å². The second-order valence-corrected chi connectivity index (χ2v) is 5.99. The van der Waals surface area contributed by atoms with Crippen molar-refractivity contribution in [2.24, 2.45) is 5.73 Å². The first kappa shape index (κ1) is 14.5. The van der Waals surface area contributed by atoms with Gasteiger partial charge in [0.15, 0.2) is 0 Å². The molecule has 2 unspecified atom stereocenters. The lowest BCUT2D eigenvalue weighted by molar-refractivity contribution is -0.118. The smallest absolute Gasteiger partial charge is 0.238 e. The van der Waals surface area contributed by atoms with Gasteiger partial charge in [0.2, 0.25) is 5.91 Å². The van der Waals surface area contributed by atoms with Gasteiger partial charge in [0, 0.05) is 23.1 Å². The van der Waals surface area contributed by atoms with E-state index in [-0.39, 0.29) is 11.9 Å². The lowest BCUT2D eigenvalue weighted by Gasteiger charge is -2.35. The molecule has 1 aromatic rings. The Morgan fingerprint density at radius 2 is 2.26 bits per heavy atom. The Bertz CT molecular complexity index is 452. The number of anilines is 1. The van der Waals surface area contributed by atoms with Gasteiger partial charge in [-0.15, -0.1) is 0 Å². The lowest BCUT2D eigenvalue weighted by atomic mass is 9.99. The van der Waals surface area contributed by atoms with Crippen LogP contribution in [0.15, 0.2) is 28.7 Å². The first-order chi connectivity index (χ1) is 9.06. The molecule has 0 bridgehead atoms. The molecule has 0 radical (unpaired) electrons. The molecule has 104 valence electrons. The molecule has 1 saturated heterocycles. The first-order valence-electron chi connectivity index (χ1n) is 6.60. The molecule has 0 aromatic heterocycles. The van der Waals surface area contributed by atoms with E-state index in [2.05, 4.69) is 33.1 Å². The fraction of sp³-hybridized carbons (Fsp3) is 0.500. The maximum atomic E-state index is 12.1. The summed E-state index contributed by atoms with van der Waals surface area (Å²) >= 11 is 3.42. The van der Waals surface area contributed by atoms with E-state index in [0.29, 0.717) is 12.6 Å². The minimum atomic E-state index is 0.0224. The minimum absolute atomic E-state index is 0.0224. The van der Waals surface area contributed by atoms with Gasteiger partial charge in [0.1, 0.15) is 0 Å². The van der Waals surface area contributed by atoms with Gasteiger partial charge in [-0.05, 0) is 47.8 Å². The molecular weight excluding hydrogens is 306 g/mol. The second kappa shape index (κ2) is 6.50. The zero-order valence-corrected chi connectivity index (χ0v) is 12.7. The van der Waals surface area contributed by atoms with Gasteiger partial charge < -0.3 is 11.1 Å². The van der Waals surface area contributed by atoms with Crippen LogP contribution in [0.2, 0.25) is 0 Å². The number of halogens is 1. The van der Waals surface area contributed by atoms with Gasteiger partial charge in [-0.3, -0.25) is 9.69 Å². The third kappa shape index (κ3) is 4.03. The minimum Gasteiger partial charge on any atom is -0.328 e. The van der Waals surface area contributed by atoms with E-state index in [1.54, 1.807) is 0 Å². The number of benzene rings is 1. The van der Waals surface area contributed by atoms with Gasteiger partial charge in [0.25, 0.3) is 0 Å². The number of carbonyl (C=O) groups excluding carboxylic acids is 1. The van der Waals surface area contributed by atoms with Crippen LogP contribution in [-0.2, 0) is 4.79 Å². The Morgan fingerprint density at radius 3 is 2.95 bits per heavy atom. The highest BCUT2D eigenvalue weighted by Crippen LogP contribution is 2.21. The fourth-order valence-electron chi connectivity index (χ4n) is 2.43. The summed E-state index contributed by atoms with van der Waals surface area (Å²) in [6, 6.07) is 8.28. The number of hydrogen-bond donors (Lipinski definition) is 2. The van der Waals surface area contributed by atoms with Crippen molar-refractivity contribution in [3.63, 3.8) is 0 Å². The first-order valence-corrected chi connectivity index (χ1v) is 7.39. The molecule has 0 spiro atoms. The molecule has 2 rings (SSSR count). The number of piperidine rings is 1. The van der Waals surface area contributed by atoms with Crippen molar-refractivity contribution in [1.29, 1.82) is 0 Å². The molecule has 1 amide bonds. The van der Waals surface area contributed by atoms with Crippen LogP contribution in [0.3, 0.4) is 0 Å². The summed E-state index contributed by atoms with van der Waals surface area (Å²) in [4.78, 5) is 14.2. The third-order valence-corrected chi connectivity index (χ3v) is 4.24. The monoisotopic (exact) mass is 325 g/mol. The van der Waals surface area contributed by atoms with E-state index in [4.69, 9.17) is 5.73 Å². The van der Waals surface area contributed by atoms with Crippen LogP contribution in [-0.4, -0.2) is 36.0 Å². The van der Waals surface area contributed by atoms with Gasteiger partial charge in [-0.2, -0.15) is 0 Å². The van der Waals surface area contributed by atoms with E-state index < -0.39 is 0 Å². The fourth-order valence-corrected chi connectivity index (χ4v) is 2.81. The highest BCUT2D eigenvalue weighted by Gasteiger charge is 2.24. The van der Waals surface area contributed by atoms with Crippen molar-refractivity contribution in [2.75, 3.05) is 18.4 Å². The predicted octanol–water partition coefficient (Wildman–Crippen LogP) is 2.20. The number of amides is 1. The number of carbonyl (C=O) groups is 1. The van der Waals surface area contributed by atoms with Crippen LogP contribution < -0.4 is 11.1 Å². The summed E-state index contributed by atoms with van der Waals surface area (Å²) in [5, 5.41) is 2.93. The zero-order valence-electron chi connectivity index (χ0n) is 11.1. The van der Waals surface area contributed by atoms with Gasteiger partial charge in [-0.25, -0.2) is 0 Å². The van der Waals surface area contributed by atoms with Crippen molar-refractivity contribution in [1.82, 2.24) is 4.90 Å². The average Bonchev–Trinajstić information content (AvgIpc) is 2.36. The number of para-hydroxylation sites is 1. The van der Waals surface area contributed by atoms with Gasteiger partial charge in [0.05, 0.1) is 12.2 Å². The maximum absolute atomic E-state index is 12.1. The Balaban J connectivity index is 1.90. The van der Waals surface area contributed by atoms with Gasteiger partial charge >= 0.3 is 0 Å². The summed E-state index contributed by atoms with van der Waals surface area (Å²) in [6.07, 6.45) is 1.93. The summed E-state index contributed by atoms with van der Waals surface area (Å²) in [5.41, 5.74) is 6.74. The molecule has 5 heteroatoms. The average molecular weight is 326 g/mol. The summed E-state index contributed by atoms with van der Waals surface area (Å²) in [6.45, 7) is 3.45. The van der Waals surface area contributed by atoms with Crippen molar-refractivity contribution in [3.8, 4) is 0 Å². The number of likely N-dealkylation sites (tertiary alicyclic amines) is 1. The Kier molecular flexibility index (Phi) is 4.96. The van der Waals surface area contributed by atoms with Crippen molar-refractivity contribution >= 4 is 27.5 Å². The van der Waals surface area contributed by atoms with E-state index >= 15 is 0 Å². The number of nitrogens with one attached hydrogen (secondary N) is 1. The van der Waals surface area contributed by atoms with Crippen LogP contribution in [0.1, 0.15) is 19.8 Å². The molecule has 1 heterocycles. The molecule has 1 aliphatic heterocycles. The van der Waals surface area contributed by atoms with Crippen LogP contribution in [0.4, 0.5) is 5.69 Å². The number of nitrogens with two attached hydrogens (primary N) is 1. The highest BCUT2D eigenvalue weighted by molar-refractivity contribution is 9.10. The molecule has 1 fully saturated rings. The summed E-state index contributed by atoms with van der Waals surface area (Å²) in [7, 11) is 0. The second-order valence-electron chi connectivity index (χ2n) is 5.13. The Labute approximate surface area is 122 Å². The number of rotatable bonds is 3. The predicted molar refractivity (Wildman–Crippen MR) is 81.0 cm³/mol. The Hall–Kier alpha value is -0.910. The molecular formula is C14H20BrN3O. The molecule has 4 nitrogen and oxygen atoms in total. The number of nitrogens with zero attached hydrogens (tertiary/aromatic N) is 1. The summed E-state index contributed by atoms with van der Waals surface area (Å²) in [5.74, 6) is 0.0224. The van der Waals surface area contributed by atoms with Crippen LogP contribution >= 0.6 is 15.9 Å². The SMILES string of the molecule is CC1CC(N)CCN1CC(=O)Nc1ccccc1Br. The highest BCUT2D eigenvalue weighted by atomic mass is 79.9. The van der Waals surface area contributed by atoms with E-state index in [0.717, 1.165) is 29.5 Å². The molecule has 2 atom stereocenters. The zero-order chi connectivity index (χ0) is 13.8. The van der Waals surface area contributed by atoms with Crippen LogP contribution in [0.5, 0.6) is 0 Å². The molecule has 1 aliphatic rings. The molecule has 0 aliphatic carbocycles. The molecule has 0 saturated carbocycles. The molecule has 19 heavy (non-hydrogen) atoms. The van der Waals surface area contributed by atoms with E-state index in [1.807, 2.05) is 24.3 Å². The number of hydrogen-bond acceptors (Lipinski definition) is 3. The van der Waals surface area contributed by atoms with E-state index in [1.165, 1.54) is 0 Å². The standard InChI is InChI=1S/C14H20BrN3O/c1-10-8-11(16)6-7-18(10)9-14(19)17-13-5-3-2-4-12(13)15/h2-5,10-11H,6-9,16H2,1H3,(H,17,19). The van der Waals surface area contributed by atoms with Crippen molar-refractivity contribution in [3.05, 3.63) is 28.7 Å². The van der Waals surface area contributed by atoms with Crippen molar-refractivity contribution < 1.29 is 4.79 Å². The maximum Gasteiger partial charge on any atom is 0.238 e. The third-order valence-electron chi connectivity index (χ3n) is 3.55.